The summed E-state index contributed by atoms with van der Waals surface area (Å²) in [5.41, 5.74) is 14.7. The molecule has 720 valence electrons. The molecule has 0 fully saturated rings. The zero-order valence-electron chi connectivity index (χ0n) is 93.2. The molecule has 0 radical (unpaired) electrons. The van der Waals surface area contributed by atoms with Crippen LogP contribution in [0.3, 0.4) is 0 Å². The lowest BCUT2D eigenvalue weighted by molar-refractivity contribution is 0.308. The van der Waals surface area contributed by atoms with Crippen molar-refractivity contribution in [1.82, 2.24) is 0 Å². The molecule has 0 atom stereocenters. The highest BCUT2D eigenvalue weighted by molar-refractivity contribution is 6.84. The minimum absolute atomic E-state index is 0.0164. The van der Waals surface area contributed by atoms with Gasteiger partial charge in [0.25, 0.3) is 0 Å². The van der Waals surface area contributed by atoms with Gasteiger partial charge in [-0.05, 0) is 229 Å². The van der Waals surface area contributed by atoms with E-state index in [1.165, 1.54) is 0 Å². The highest BCUT2D eigenvalue weighted by Crippen LogP contribution is 2.45. The van der Waals surface area contributed by atoms with Crippen molar-refractivity contribution >= 4 is 99.3 Å². The average molecular weight is 1960 g/mol. The van der Waals surface area contributed by atoms with Crippen LogP contribution in [0.4, 0.5) is 0 Å². The van der Waals surface area contributed by atoms with E-state index >= 15 is 0 Å². The van der Waals surface area contributed by atoms with E-state index in [2.05, 4.69) is 496 Å². The first-order chi connectivity index (χ1) is 56.6. The van der Waals surface area contributed by atoms with Gasteiger partial charge in [0, 0.05) is 55.7 Å². The summed E-state index contributed by atoms with van der Waals surface area (Å²) in [5, 5.41) is -0.809. The van der Waals surface area contributed by atoms with Crippen LogP contribution in [0.1, 0.15) is 208 Å². The standard InChI is InChI=1S/C106H188O10Si12/c1-97(2,3)119(37,38)107-77-87(65-57-59-67-89(79-109-121(41,42)99(7,8)9)91(81-111-123(45,46)101(13,14)15)69-61-63-71-93(83-113-125(49,50)103(19,20)21)95(73-75-117(31,32)33)85-115-127(53,54)105(25,26)27)88(78-108-120(39,40)98(4,5)6)66-58-60-68-90(80-110-122(43,44)100(10,11)12)92(82-112-124(47,48)102(16,17)18)70-62-64-72-94(84-114-126(51,52)104(22,23)24)96(74-76-118(34,35)36)86-116-128(55,56)106(28,29)30/h77-86H2,1-56H3/b88-87+,91-89+,92-90+,95-93+,96-94+. The van der Waals surface area contributed by atoms with Crippen molar-refractivity contribution in [2.45, 2.75) is 428 Å². The molecule has 0 saturated heterocycles. The zero-order chi connectivity index (χ0) is 101. The summed E-state index contributed by atoms with van der Waals surface area (Å²) >= 11 is 0. The Labute approximate surface area is 805 Å². The second kappa shape index (κ2) is 47.0. The van der Waals surface area contributed by atoms with Gasteiger partial charge in [-0.1, -0.05) is 306 Å². The summed E-state index contributed by atoms with van der Waals surface area (Å²) in [5.74, 6) is 62.7. The lowest BCUT2D eigenvalue weighted by Gasteiger charge is -2.37. The zero-order valence-corrected chi connectivity index (χ0v) is 105. The van der Waals surface area contributed by atoms with Crippen molar-refractivity contribution in [3.63, 3.8) is 0 Å². The first kappa shape index (κ1) is 125. The van der Waals surface area contributed by atoms with Gasteiger partial charge in [-0.2, -0.15) is 0 Å². The Kier molecular flexibility index (Phi) is 45.8. The fourth-order valence-corrected chi connectivity index (χ4v) is 18.5. The lowest BCUT2D eigenvalue weighted by atomic mass is 10.1. The van der Waals surface area contributed by atoms with Crippen LogP contribution in [0.5, 0.6) is 0 Å². The van der Waals surface area contributed by atoms with Gasteiger partial charge in [0.1, 0.15) is 16.1 Å². The van der Waals surface area contributed by atoms with E-state index in [4.69, 9.17) is 44.3 Å². The van der Waals surface area contributed by atoms with Crippen LogP contribution in [0.15, 0.2) is 55.7 Å². The second-order valence-corrected chi connectivity index (χ2v) is 110. The molecule has 0 unspecified atom stereocenters. The summed E-state index contributed by atoms with van der Waals surface area (Å²) < 4.78 is 71.1. The van der Waals surface area contributed by atoms with E-state index in [1.807, 2.05) is 0 Å². The maximum absolute atomic E-state index is 7.20. The molecule has 0 aliphatic heterocycles. The summed E-state index contributed by atoms with van der Waals surface area (Å²) in [6.45, 7) is 129. The molecule has 0 bridgehead atoms. The molecule has 10 nitrogen and oxygen atoms in total. The van der Waals surface area contributed by atoms with Crippen molar-refractivity contribution in [1.29, 1.82) is 0 Å². The predicted molar refractivity (Wildman–Crippen MR) is 591 cm³/mol. The number of hydrogen-bond donors (Lipinski definition) is 0. The summed E-state index contributed by atoms with van der Waals surface area (Å²) in [4.78, 5) is 0. The van der Waals surface area contributed by atoms with Gasteiger partial charge >= 0.3 is 0 Å². The molecule has 0 aliphatic rings. The third-order valence-electron chi connectivity index (χ3n) is 28.8. The van der Waals surface area contributed by atoms with Crippen molar-refractivity contribution in [2.75, 3.05) is 66.1 Å². The van der Waals surface area contributed by atoms with Crippen molar-refractivity contribution in [3.05, 3.63) is 55.7 Å². The third-order valence-corrected chi connectivity index (χ3v) is 75.3. The molecule has 22 heteroatoms. The maximum Gasteiger partial charge on any atom is 0.192 e. The highest BCUT2D eigenvalue weighted by atomic mass is 28.4. The molecule has 0 aliphatic carbocycles. The van der Waals surface area contributed by atoms with Crippen LogP contribution >= 0.6 is 0 Å². The van der Waals surface area contributed by atoms with Gasteiger partial charge in [-0.25, -0.2) is 0 Å². The topological polar surface area (TPSA) is 92.3 Å². The Bertz CT molecular complexity index is 4350. The van der Waals surface area contributed by atoms with E-state index in [0.29, 0.717) is 59.9 Å². The molecule has 0 heterocycles. The van der Waals surface area contributed by atoms with E-state index in [-0.39, 0.29) is 90.0 Å². The van der Waals surface area contributed by atoms with Crippen LogP contribution < -0.4 is 0 Å². The molecule has 0 aromatic rings. The molecule has 0 N–H and O–H groups in total. The van der Waals surface area contributed by atoms with Crippen LogP contribution in [0.25, 0.3) is 0 Å². The van der Waals surface area contributed by atoms with Crippen molar-refractivity contribution in [3.8, 4) is 118 Å². The van der Waals surface area contributed by atoms with Crippen LogP contribution in [0.2, 0.25) is 221 Å². The van der Waals surface area contributed by atoms with Gasteiger partial charge in [-0.3, -0.25) is 0 Å². The molecular weight excluding hydrogens is 1770 g/mol. The molecule has 128 heavy (non-hydrogen) atoms. The minimum atomic E-state index is -2.44. The Morgan fingerprint density at radius 3 is 0.289 bits per heavy atom. The summed E-state index contributed by atoms with van der Waals surface area (Å²) in [6, 6.07) is 0. The van der Waals surface area contributed by atoms with Crippen LogP contribution in [0, 0.1) is 118 Å². The number of rotatable bonds is 30. The molecule has 0 rings (SSSR count). The quantitative estimate of drug-likeness (QED) is 0.0511. The van der Waals surface area contributed by atoms with Crippen molar-refractivity contribution in [2.24, 2.45) is 0 Å². The lowest BCUT2D eigenvalue weighted by Crippen LogP contribution is -2.42. The monoisotopic (exact) mass is 1960 g/mol. The molecule has 0 aromatic carbocycles. The number of hydrogen-bond acceptors (Lipinski definition) is 10. The van der Waals surface area contributed by atoms with Crippen LogP contribution in [-0.4, -0.2) is 165 Å². The first-order valence-electron chi connectivity index (χ1n) is 46.7. The molecular formula is C106H188O10Si12. The van der Waals surface area contributed by atoms with E-state index in [9.17, 15) is 0 Å². The average Bonchev–Trinajstić information content (AvgIpc) is 0.831. The van der Waals surface area contributed by atoms with Gasteiger partial charge in [0.05, 0.1) is 66.1 Å². The molecule has 0 saturated carbocycles. The summed E-state index contributed by atoms with van der Waals surface area (Å²) in [7, 11) is -27.3. The normalized spacial score (nSPS) is 14.9. The third kappa shape index (κ3) is 42.4. The minimum Gasteiger partial charge on any atom is -0.412 e. The van der Waals surface area contributed by atoms with E-state index in [1.54, 1.807) is 0 Å². The maximum atomic E-state index is 7.20. The molecule has 0 aromatic heterocycles. The Morgan fingerprint density at radius 1 is 0.141 bits per heavy atom. The smallest absolute Gasteiger partial charge is 0.192 e. The summed E-state index contributed by atoms with van der Waals surface area (Å²) in [6.07, 6.45) is 0. The highest BCUT2D eigenvalue weighted by Gasteiger charge is 2.46. The fraction of sp³-hybridized carbons (Fsp3) is 0.717. The Hall–Kier alpha value is -3.50. The van der Waals surface area contributed by atoms with Crippen molar-refractivity contribution < 1.29 is 44.3 Å². The van der Waals surface area contributed by atoms with E-state index in [0.717, 1.165) is 22.3 Å². The Morgan fingerprint density at radius 2 is 0.219 bits per heavy atom. The predicted octanol–water partition coefficient (Wildman–Crippen LogP) is 29.5. The molecule has 0 spiro atoms. The van der Waals surface area contributed by atoms with Crippen LogP contribution in [-0.2, 0) is 44.3 Å². The van der Waals surface area contributed by atoms with E-state index < -0.39 is 99.3 Å². The van der Waals surface area contributed by atoms with Gasteiger partial charge in [0.15, 0.2) is 83.2 Å². The van der Waals surface area contributed by atoms with Gasteiger partial charge < -0.3 is 44.3 Å². The SMILES string of the molecule is CC(C)(C)[Si](C)(C)OC/C(C#CC#C/C(CO[Si](C)(C)C(C)(C)C)=C(/C#CC#C/C(CO[Si](C)(C)C(C)(C)C)=C(/C#C[Si](C)(C)C)CO[Si](C)(C)C(C)(C)C)CO[Si](C)(C)C(C)(C)C)=C(\C#CC#C/C(CO[Si](C)(C)C(C)(C)C)=C(/C#CC#C/C(CO[Si](C)(C)C(C)(C)C)=C(/C#C[Si](C)(C)C)CO[Si](C)(C)C(C)(C)C)CO[Si](C)(C)C(C)(C)C)CO[Si](C)(C)C(C)(C)C. The van der Waals surface area contributed by atoms with Gasteiger partial charge in [0.2, 0.25) is 0 Å². The molecule has 0 amide bonds. The second-order valence-electron chi connectivity index (χ2n) is 52.3. The first-order valence-corrected chi connectivity index (χ1v) is 82.8. The van der Waals surface area contributed by atoms with Gasteiger partial charge in [-0.15, -0.1) is 11.1 Å². The largest absolute Gasteiger partial charge is 0.412 e. The Balaban J connectivity index is 10.9. The fourth-order valence-electron chi connectivity index (χ4n) is 8.06.